The van der Waals surface area contributed by atoms with Gasteiger partial charge in [-0.15, -0.1) is 0 Å². The average molecular weight is 738 g/mol. The van der Waals surface area contributed by atoms with Gasteiger partial charge in [-0.1, -0.05) is 174 Å². The largest absolute Gasteiger partial charge is 0.390 e. The Bertz CT molecular complexity index is 874. The van der Waals surface area contributed by atoms with Crippen LogP contribution in [-0.4, -0.2) is 66.6 Å². The SMILES string of the molecule is CCCCCCCCCCCCCCCCCC(=O)N[C@@H](CO[C@@H]1O[C@H](C)[C@H](O)C[C@H]1NC(C)=O)C(=O)NCCCCCCCCCCCCCC. The van der Waals surface area contributed by atoms with Crippen LogP contribution in [0.1, 0.15) is 214 Å². The van der Waals surface area contributed by atoms with Crippen molar-refractivity contribution in [2.24, 2.45) is 0 Å². The molecule has 1 heterocycles. The van der Waals surface area contributed by atoms with Gasteiger partial charge in [0.25, 0.3) is 0 Å². The van der Waals surface area contributed by atoms with Crippen LogP contribution in [-0.2, 0) is 23.9 Å². The number of ether oxygens (including phenoxy) is 2. The molecular weight excluding hydrogens is 654 g/mol. The van der Waals surface area contributed by atoms with Crippen molar-refractivity contribution in [2.75, 3.05) is 13.2 Å². The van der Waals surface area contributed by atoms with E-state index in [1.165, 1.54) is 148 Å². The first-order chi connectivity index (χ1) is 25.3. The number of hydrogen-bond acceptors (Lipinski definition) is 6. The molecule has 1 aliphatic heterocycles. The molecule has 0 spiro atoms. The maximum absolute atomic E-state index is 13.3. The Morgan fingerprint density at radius 1 is 0.673 bits per heavy atom. The van der Waals surface area contributed by atoms with Crippen molar-refractivity contribution in [3.05, 3.63) is 0 Å². The lowest BCUT2D eigenvalue weighted by molar-refractivity contribution is -0.232. The zero-order valence-corrected chi connectivity index (χ0v) is 34.3. The Kier molecular flexibility index (Phi) is 31.4. The molecule has 9 nitrogen and oxygen atoms in total. The third-order valence-electron chi connectivity index (χ3n) is 10.5. The van der Waals surface area contributed by atoms with E-state index in [0.29, 0.717) is 13.0 Å². The second-order valence-electron chi connectivity index (χ2n) is 15.7. The predicted octanol–water partition coefficient (Wildman–Crippen LogP) is 9.57. The summed E-state index contributed by atoms with van der Waals surface area (Å²) in [6.45, 7) is 8.15. The van der Waals surface area contributed by atoms with Crippen molar-refractivity contribution in [2.45, 2.75) is 244 Å². The van der Waals surface area contributed by atoms with E-state index in [0.717, 1.165) is 32.1 Å². The third-order valence-corrected chi connectivity index (χ3v) is 10.5. The molecule has 3 amide bonds. The monoisotopic (exact) mass is 738 g/mol. The summed E-state index contributed by atoms with van der Waals surface area (Å²) in [5.41, 5.74) is 0. The summed E-state index contributed by atoms with van der Waals surface area (Å²) in [7, 11) is 0. The average Bonchev–Trinajstić information content (AvgIpc) is 3.11. The third kappa shape index (κ3) is 27.0. The van der Waals surface area contributed by atoms with Gasteiger partial charge in [-0.3, -0.25) is 14.4 Å². The van der Waals surface area contributed by atoms with Crippen molar-refractivity contribution in [3.8, 4) is 0 Å². The fourth-order valence-corrected chi connectivity index (χ4v) is 7.10. The van der Waals surface area contributed by atoms with E-state index in [-0.39, 0.29) is 30.7 Å². The Morgan fingerprint density at radius 3 is 1.54 bits per heavy atom. The minimum Gasteiger partial charge on any atom is -0.390 e. The normalized spacial score (nSPS) is 19.3. The molecule has 0 aromatic heterocycles. The van der Waals surface area contributed by atoms with E-state index in [1.807, 2.05) is 0 Å². The molecule has 0 aliphatic carbocycles. The molecule has 5 atom stereocenters. The van der Waals surface area contributed by atoms with E-state index >= 15 is 0 Å². The van der Waals surface area contributed by atoms with E-state index in [1.54, 1.807) is 6.92 Å². The molecule has 0 bridgehead atoms. The zero-order chi connectivity index (χ0) is 38.1. The van der Waals surface area contributed by atoms with E-state index in [9.17, 15) is 19.5 Å². The maximum Gasteiger partial charge on any atom is 0.244 e. The first kappa shape index (κ1) is 48.3. The molecule has 1 saturated heterocycles. The smallest absolute Gasteiger partial charge is 0.244 e. The molecule has 4 N–H and O–H groups in total. The number of aliphatic hydroxyl groups excluding tert-OH is 1. The number of carbonyl (C=O) groups is 3. The molecule has 0 aromatic carbocycles. The topological polar surface area (TPSA) is 126 Å². The molecule has 0 saturated carbocycles. The van der Waals surface area contributed by atoms with Gasteiger partial charge >= 0.3 is 0 Å². The highest BCUT2D eigenvalue weighted by Crippen LogP contribution is 2.22. The summed E-state index contributed by atoms with van der Waals surface area (Å²) < 4.78 is 11.9. The molecular formula is C43H83N3O6. The van der Waals surface area contributed by atoms with Gasteiger partial charge in [0, 0.05) is 26.3 Å². The zero-order valence-electron chi connectivity index (χ0n) is 34.3. The van der Waals surface area contributed by atoms with Gasteiger partial charge in [0.2, 0.25) is 17.7 Å². The lowest BCUT2D eigenvalue weighted by Crippen LogP contribution is -2.56. The second-order valence-corrected chi connectivity index (χ2v) is 15.7. The van der Waals surface area contributed by atoms with Crippen LogP contribution < -0.4 is 16.0 Å². The number of aliphatic hydroxyl groups is 1. The maximum atomic E-state index is 13.3. The summed E-state index contributed by atoms with van der Waals surface area (Å²) in [5.74, 6) is -0.680. The summed E-state index contributed by atoms with van der Waals surface area (Å²) in [5, 5.41) is 19.0. The van der Waals surface area contributed by atoms with Crippen LogP contribution in [0.3, 0.4) is 0 Å². The van der Waals surface area contributed by atoms with Crippen molar-refractivity contribution in [1.29, 1.82) is 0 Å². The van der Waals surface area contributed by atoms with Crippen molar-refractivity contribution in [1.82, 2.24) is 16.0 Å². The van der Waals surface area contributed by atoms with Crippen LogP contribution in [0.5, 0.6) is 0 Å². The van der Waals surface area contributed by atoms with Crippen LogP contribution in [0.2, 0.25) is 0 Å². The number of amides is 3. The summed E-state index contributed by atoms with van der Waals surface area (Å²) in [4.78, 5) is 38.1. The minimum absolute atomic E-state index is 0.0849. The molecule has 1 aliphatic rings. The van der Waals surface area contributed by atoms with E-state index in [4.69, 9.17) is 9.47 Å². The lowest BCUT2D eigenvalue weighted by atomic mass is 10.0. The summed E-state index contributed by atoms with van der Waals surface area (Å²) >= 11 is 0. The van der Waals surface area contributed by atoms with Crippen molar-refractivity contribution in [3.63, 3.8) is 0 Å². The second kappa shape index (κ2) is 33.8. The van der Waals surface area contributed by atoms with Crippen molar-refractivity contribution < 1.29 is 29.0 Å². The molecule has 52 heavy (non-hydrogen) atoms. The number of unbranched alkanes of at least 4 members (excludes halogenated alkanes) is 25. The Hall–Kier alpha value is -1.71. The van der Waals surface area contributed by atoms with E-state index < -0.39 is 30.6 Å². The Labute approximate surface area is 319 Å². The molecule has 0 radical (unpaired) electrons. The molecule has 9 heteroatoms. The minimum atomic E-state index is -0.870. The highest BCUT2D eigenvalue weighted by molar-refractivity contribution is 5.87. The van der Waals surface area contributed by atoms with Gasteiger partial charge in [0.05, 0.1) is 24.9 Å². The first-order valence-electron chi connectivity index (χ1n) is 22.1. The summed E-state index contributed by atoms with van der Waals surface area (Å²) in [6.07, 6.45) is 32.7. The van der Waals surface area contributed by atoms with Crippen LogP contribution in [0.25, 0.3) is 0 Å². The predicted molar refractivity (Wildman–Crippen MR) is 214 cm³/mol. The van der Waals surface area contributed by atoms with E-state index in [2.05, 4.69) is 29.8 Å². The fourth-order valence-electron chi connectivity index (χ4n) is 7.10. The lowest BCUT2D eigenvalue weighted by Gasteiger charge is -2.38. The molecule has 0 aromatic rings. The quantitative estimate of drug-likeness (QED) is 0.0480. The fraction of sp³-hybridized carbons (Fsp3) is 0.930. The van der Waals surface area contributed by atoms with Gasteiger partial charge in [-0.2, -0.15) is 0 Å². The Morgan fingerprint density at radius 2 is 1.10 bits per heavy atom. The van der Waals surface area contributed by atoms with Gasteiger partial charge < -0.3 is 30.5 Å². The van der Waals surface area contributed by atoms with Gasteiger partial charge in [-0.25, -0.2) is 0 Å². The van der Waals surface area contributed by atoms with Crippen LogP contribution in [0.15, 0.2) is 0 Å². The van der Waals surface area contributed by atoms with Gasteiger partial charge in [-0.05, 0) is 19.8 Å². The Balaban J connectivity index is 2.40. The standard InChI is InChI=1S/C43H83N3O6/c1-5-7-9-11-13-15-17-19-20-21-22-24-26-28-30-32-41(49)46-39(35-51-43-38(45-37(4)47)34-40(48)36(3)52-43)42(50)44-33-31-29-27-25-23-18-16-14-12-10-8-6-2/h36,38-40,43,48H,5-35H2,1-4H3,(H,44,50)(H,45,47)(H,46,49)/t36-,38-,39+,40-,43-/m1/s1. The van der Waals surface area contributed by atoms with Crippen LogP contribution in [0, 0.1) is 0 Å². The van der Waals surface area contributed by atoms with Gasteiger partial charge in [0.1, 0.15) is 6.04 Å². The number of hydrogen-bond donors (Lipinski definition) is 4. The highest BCUT2D eigenvalue weighted by Gasteiger charge is 2.37. The van der Waals surface area contributed by atoms with Gasteiger partial charge in [0.15, 0.2) is 6.29 Å². The molecule has 1 rings (SSSR count). The van der Waals surface area contributed by atoms with Crippen LogP contribution >= 0.6 is 0 Å². The molecule has 306 valence electrons. The first-order valence-corrected chi connectivity index (χ1v) is 22.1. The number of nitrogens with one attached hydrogen (secondary N) is 3. The van der Waals surface area contributed by atoms with Crippen LogP contribution in [0.4, 0.5) is 0 Å². The molecule has 1 fully saturated rings. The highest BCUT2D eigenvalue weighted by atomic mass is 16.7. The molecule has 0 unspecified atom stereocenters. The number of carbonyl (C=O) groups excluding carboxylic acids is 3. The van der Waals surface area contributed by atoms with Crippen molar-refractivity contribution >= 4 is 17.7 Å². The number of rotatable bonds is 35. The summed E-state index contributed by atoms with van der Waals surface area (Å²) in [6, 6.07) is -1.42.